The van der Waals surface area contributed by atoms with E-state index in [1.807, 2.05) is 6.20 Å². The minimum absolute atomic E-state index is 0.209. The van der Waals surface area contributed by atoms with Crippen LogP contribution in [0.3, 0.4) is 0 Å². The second-order valence-corrected chi connectivity index (χ2v) is 4.66. The molecule has 1 aromatic carbocycles. The SMILES string of the molecule is Cc1ccc2[nH]cc(CCO)c2c1.c1cn2n1C2. The average Bonchev–Trinajstić information content (AvgIpc) is 2.76. The van der Waals surface area contributed by atoms with Crippen LogP contribution in [0.2, 0.25) is 0 Å². The van der Waals surface area contributed by atoms with E-state index in [1.54, 1.807) is 0 Å². The van der Waals surface area contributed by atoms with Crippen molar-refractivity contribution in [2.24, 2.45) is 0 Å². The molecule has 0 fully saturated rings. The van der Waals surface area contributed by atoms with Crippen molar-refractivity contribution < 1.29 is 5.11 Å². The molecule has 0 spiro atoms. The third-order valence-electron chi connectivity index (χ3n) is 3.25. The molecule has 0 aliphatic carbocycles. The summed E-state index contributed by atoms with van der Waals surface area (Å²) in [5, 5.41) is 10.1. The van der Waals surface area contributed by atoms with E-state index in [4.69, 9.17) is 5.11 Å². The smallest absolute Gasteiger partial charge is 0.129 e. The predicted octanol–water partition coefficient (Wildman–Crippen LogP) is 2.12. The van der Waals surface area contributed by atoms with E-state index < -0.39 is 0 Å². The second kappa shape index (κ2) is 4.38. The number of nitrogens with zero attached hydrogens (tertiary/aromatic N) is 2. The number of fused-ring (bicyclic) bond motifs is 2. The van der Waals surface area contributed by atoms with Crippen molar-refractivity contribution in [1.29, 1.82) is 0 Å². The van der Waals surface area contributed by atoms with E-state index in [-0.39, 0.29) is 6.61 Å². The molecule has 18 heavy (non-hydrogen) atoms. The summed E-state index contributed by atoms with van der Waals surface area (Å²) >= 11 is 0. The van der Waals surface area contributed by atoms with E-state index in [2.05, 4.69) is 51.9 Å². The Morgan fingerprint density at radius 1 is 1.28 bits per heavy atom. The minimum atomic E-state index is 0.209. The minimum Gasteiger partial charge on any atom is -0.396 e. The summed E-state index contributed by atoms with van der Waals surface area (Å²) in [5.74, 6) is 0. The molecule has 2 N–H and O–H groups in total. The largest absolute Gasteiger partial charge is 0.396 e. The quantitative estimate of drug-likeness (QED) is 0.556. The zero-order valence-corrected chi connectivity index (χ0v) is 10.4. The molecule has 4 nitrogen and oxygen atoms in total. The highest BCUT2D eigenvalue weighted by Crippen LogP contribution is 2.19. The lowest BCUT2D eigenvalue weighted by Gasteiger charge is -1.96. The van der Waals surface area contributed by atoms with Crippen LogP contribution < -0.4 is 0 Å². The fourth-order valence-corrected chi connectivity index (χ4v) is 2.09. The van der Waals surface area contributed by atoms with Crippen LogP contribution in [0.25, 0.3) is 10.9 Å². The van der Waals surface area contributed by atoms with Gasteiger partial charge in [-0.05, 0) is 31.0 Å². The summed E-state index contributed by atoms with van der Waals surface area (Å²) in [6, 6.07) is 6.31. The molecule has 94 valence electrons. The van der Waals surface area contributed by atoms with Crippen LogP contribution in [0.15, 0.2) is 36.8 Å². The molecular weight excluding hydrogens is 226 g/mol. The third-order valence-corrected chi connectivity index (χ3v) is 3.25. The van der Waals surface area contributed by atoms with Gasteiger partial charge in [0.25, 0.3) is 0 Å². The predicted molar refractivity (Wildman–Crippen MR) is 71.6 cm³/mol. The monoisotopic (exact) mass is 243 g/mol. The Balaban J connectivity index is 0.000000163. The van der Waals surface area contributed by atoms with Crippen LogP contribution >= 0.6 is 0 Å². The van der Waals surface area contributed by atoms with Crippen LogP contribution in [0.1, 0.15) is 11.1 Å². The van der Waals surface area contributed by atoms with Crippen LogP contribution in [0, 0.1) is 6.92 Å². The van der Waals surface area contributed by atoms with Gasteiger partial charge in [-0.1, -0.05) is 11.6 Å². The Hall–Kier alpha value is -1.94. The van der Waals surface area contributed by atoms with Crippen molar-refractivity contribution >= 4 is 10.9 Å². The number of nitrogens with one attached hydrogen (secondary N) is 1. The number of aromatic amines is 1. The molecular formula is C14H17N3O. The highest BCUT2D eigenvalue weighted by molar-refractivity contribution is 5.83. The molecule has 2 aromatic heterocycles. The summed E-state index contributed by atoms with van der Waals surface area (Å²) in [6.07, 6.45) is 6.81. The van der Waals surface area contributed by atoms with Crippen molar-refractivity contribution in [3.05, 3.63) is 47.9 Å². The van der Waals surface area contributed by atoms with Gasteiger partial charge in [-0.25, -0.2) is 0 Å². The van der Waals surface area contributed by atoms with Gasteiger partial charge in [0.15, 0.2) is 0 Å². The molecule has 0 bridgehead atoms. The van der Waals surface area contributed by atoms with Gasteiger partial charge in [0.2, 0.25) is 0 Å². The molecule has 0 amide bonds. The Morgan fingerprint density at radius 3 is 2.61 bits per heavy atom. The van der Waals surface area contributed by atoms with Crippen molar-refractivity contribution in [3.8, 4) is 0 Å². The zero-order valence-electron chi connectivity index (χ0n) is 10.4. The first-order valence-electron chi connectivity index (χ1n) is 6.17. The first-order valence-corrected chi connectivity index (χ1v) is 6.17. The molecule has 1 aliphatic rings. The van der Waals surface area contributed by atoms with Crippen LogP contribution in [-0.4, -0.2) is 26.1 Å². The standard InChI is InChI=1S/C11H13NO.C3H4N2/c1-8-2-3-11-10(6-8)9(4-5-13)7-12-11;1-2-5-3-4(1)5/h2-3,6-7,12-13H,4-5H2,1H3;1-2H,3H2. The Bertz CT molecular complexity index is 644. The van der Waals surface area contributed by atoms with Crippen LogP contribution in [0.5, 0.6) is 0 Å². The van der Waals surface area contributed by atoms with Crippen molar-refractivity contribution in [2.75, 3.05) is 6.61 Å². The Labute approximate surface area is 105 Å². The molecule has 0 atom stereocenters. The number of benzene rings is 1. The van der Waals surface area contributed by atoms with Gasteiger partial charge in [-0.15, -0.1) is 0 Å². The number of aromatic nitrogens is 3. The van der Waals surface area contributed by atoms with Crippen molar-refractivity contribution in [2.45, 2.75) is 20.0 Å². The highest BCUT2D eigenvalue weighted by Gasteiger charge is 2.10. The summed E-state index contributed by atoms with van der Waals surface area (Å²) in [7, 11) is 0. The molecule has 4 heteroatoms. The average molecular weight is 243 g/mol. The fourth-order valence-electron chi connectivity index (χ4n) is 2.09. The maximum Gasteiger partial charge on any atom is 0.129 e. The first kappa shape index (κ1) is 11.2. The van der Waals surface area contributed by atoms with E-state index in [9.17, 15) is 0 Å². The maximum atomic E-state index is 8.85. The summed E-state index contributed by atoms with van der Waals surface area (Å²) in [4.78, 5) is 3.19. The number of hydrogen-bond acceptors (Lipinski definition) is 1. The van der Waals surface area contributed by atoms with Gasteiger partial charge in [0.05, 0.1) is 0 Å². The van der Waals surface area contributed by atoms with E-state index in [1.165, 1.54) is 16.5 Å². The molecule has 0 saturated carbocycles. The maximum absolute atomic E-state index is 8.85. The first-order chi connectivity index (χ1) is 8.78. The summed E-state index contributed by atoms with van der Waals surface area (Å²) in [5.41, 5.74) is 3.60. The molecule has 3 aromatic rings. The molecule has 4 rings (SSSR count). The molecule has 1 aliphatic heterocycles. The van der Waals surface area contributed by atoms with Gasteiger partial charge in [-0.3, -0.25) is 9.36 Å². The molecule has 0 saturated heterocycles. The lowest BCUT2D eigenvalue weighted by atomic mass is 10.1. The van der Waals surface area contributed by atoms with Gasteiger partial charge in [-0.2, -0.15) is 0 Å². The number of aliphatic hydroxyl groups excluding tert-OH is 1. The number of H-pyrrole nitrogens is 1. The normalized spacial score (nSPS) is 12.1. The summed E-state index contributed by atoms with van der Waals surface area (Å²) in [6.45, 7) is 3.43. The van der Waals surface area contributed by atoms with Gasteiger partial charge < -0.3 is 10.1 Å². The number of rotatable bonds is 2. The summed E-state index contributed by atoms with van der Waals surface area (Å²) < 4.78 is 4.25. The topological polar surface area (TPSA) is 45.9 Å². The van der Waals surface area contributed by atoms with Crippen LogP contribution in [-0.2, 0) is 13.1 Å². The van der Waals surface area contributed by atoms with E-state index in [0.29, 0.717) is 0 Å². The van der Waals surface area contributed by atoms with Crippen molar-refractivity contribution in [1.82, 2.24) is 14.3 Å². The van der Waals surface area contributed by atoms with E-state index in [0.717, 1.165) is 18.6 Å². The number of aryl methyl sites for hydroxylation is 1. The van der Waals surface area contributed by atoms with Gasteiger partial charge >= 0.3 is 0 Å². The number of hydrogen-bond donors (Lipinski definition) is 2. The van der Waals surface area contributed by atoms with Gasteiger partial charge in [0, 0.05) is 36.1 Å². The fraction of sp³-hybridized carbons (Fsp3) is 0.286. The van der Waals surface area contributed by atoms with Crippen molar-refractivity contribution in [3.63, 3.8) is 0 Å². The Morgan fingerprint density at radius 2 is 2.06 bits per heavy atom. The Kier molecular flexibility index (Phi) is 2.72. The molecule has 3 heterocycles. The molecule has 0 unspecified atom stereocenters. The van der Waals surface area contributed by atoms with E-state index >= 15 is 0 Å². The lowest BCUT2D eigenvalue weighted by Crippen LogP contribution is -1.88. The highest BCUT2D eigenvalue weighted by atomic mass is 16.2. The third kappa shape index (κ3) is 2.07. The van der Waals surface area contributed by atoms with Gasteiger partial charge in [0.1, 0.15) is 6.67 Å². The zero-order chi connectivity index (χ0) is 12.5. The van der Waals surface area contributed by atoms with Crippen LogP contribution in [0.4, 0.5) is 0 Å². The number of aliphatic hydroxyl groups is 1. The second-order valence-electron chi connectivity index (χ2n) is 4.66. The molecule has 0 radical (unpaired) electrons. The lowest BCUT2D eigenvalue weighted by molar-refractivity contribution is 0.300.